The molecule has 2 N–H and O–H groups in total. The van der Waals surface area contributed by atoms with Crippen LogP contribution in [0.15, 0.2) is 29.2 Å². The fraction of sp³-hybridized carbons (Fsp3) is 0.519. The molecule has 1 saturated carbocycles. The summed E-state index contributed by atoms with van der Waals surface area (Å²) >= 11 is 6.48. The van der Waals surface area contributed by atoms with Crippen LogP contribution in [0.25, 0.3) is 10.9 Å². The first-order chi connectivity index (χ1) is 17.8. The quantitative estimate of drug-likeness (QED) is 0.487. The summed E-state index contributed by atoms with van der Waals surface area (Å²) in [4.78, 5) is 24.2. The lowest BCUT2D eigenvalue weighted by atomic mass is 9.90. The van der Waals surface area contributed by atoms with E-state index in [2.05, 4.69) is 15.6 Å². The summed E-state index contributed by atoms with van der Waals surface area (Å²) in [6.45, 7) is 5.46. The third-order valence-electron chi connectivity index (χ3n) is 7.93. The lowest BCUT2D eigenvalue weighted by Crippen LogP contribution is -2.46. The van der Waals surface area contributed by atoms with Gasteiger partial charge in [0.2, 0.25) is 11.7 Å². The molecule has 0 radical (unpaired) electrons. The number of aromatic nitrogens is 3. The number of nitrogens with zero attached hydrogens (tertiary/aromatic N) is 4. The maximum atomic E-state index is 14.4. The normalized spacial score (nSPS) is 25.7. The van der Waals surface area contributed by atoms with Gasteiger partial charge in [-0.1, -0.05) is 25.4 Å². The van der Waals surface area contributed by atoms with Crippen molar-refractivity contribution >= 4 is 45.6 Å². The van der Waals surface area contributed by atoms with Gasteiger partial charge in [-0.2, -0.15) is 4.98 Å². The van der Waals surface area contributed by atoms with Gasteiger partial charge >= 0.3 is 0 Å². The van der Waals surface area contributed by atoms with E-state index in [0.717, 1.165) is 28.7 Å². The second kappa shape index (κ2) is 9.35. The Morgan fingerprint density at radius 1 is 1.19 bits per heavy atom. The van der Waals surface area contributed by atoms with E-state index in [1.165, 1.54) is 12.8 Å². The average Bonchev–Trinajstić information content (AvgIpc) is 3.73. The van der Waals surface area contributed by atoms with Crippen molar-refractivity contribution in [3.8, 4) is 5.75 Å². The fourth-order valence-corrected chi connectivity index (χ4v) is 5.84. The van der Waals surface area contributed by atoms with Gasteiger partial charge in [-0.25, -0.2) is 9.37 Å². The van der Waals surface area contributed by atoms with Crippen LogP contribution in [0.1, 0.15) is 33.1 Å². The molecule has 1 aromatic carbocycles. The highest BCUT2D eigenvalue weighted by atomic mass is 35.5. The van der Waals surface area contributed by atoms with Crippen molar-refractivity contribution in [2.45, 2.75) is 45.3 Å². The summed E-state index contributed by atoms with van der Waals surface area (Å²) in [6.07, 6.45) is 4.03. The van der Waals surface area contributed by atoms with E-state index in [0.29, 0.717) is 54.2 Å². The van der Waals surface area contributed by atoms with Gasteiger partial charge < -0.3 is 24.8 Å². The summed E-state index contributed by atoms with van der Waals surface area (Å²) in [5.74, 6) is 1.80. The van der Waals surface area contributed by atoms with Crippen LogP contribution in [0.5, 0.6) is 5.75 Å². The van der Waals surface area contributed by atoms with Crippen molar-refractivity contribution < 1.29 is 9.13 Å². The van der Waals surface area contributed by atoms with Crippen LogP contribution >= 0.6 is 11.6 Å². The maximum Gasteiger partial charge on any atom is 0.295 e. The topological polar surface area (TPSA) is 84.3 Å². The molecule has 2 aliphatic heterocycles. The van der Waals surface area contributed by atoms with Crippen molar-refractivity contribution in [2.24, 2.45) is 24.8 Å². The standard InChI is InChI=1S/C27H32ClFN6O2/c1-14-12-35(13-15(2)22(14)29)27-30-11-19(28)25(33-27)31-17-6-7-21-18(10-17)23-24(26(36)34(21)3)37-9-8-20(32-23)16-4-5-16/h6-7,10-11,14-16,20,22,32H,4-5,8-9,12-13H2,1-3H3,(H,30,31,33)/t14-,15+,20?,22?. The highest BCUT2D eigenvalue weighted by Gasteiger charge is 2.35. The molecule has 10 heteroatoms. The van der Waals surface area contributed by atoms with Gasteiger partial charge in [0, 0.05) is 55.5 Å². The molecule has 2 unspecified atom stereocenters. The number of nitrogens with one attached hydrogen (secondary N) is 2. The lowest BCUT2D eigenvalue weighted by Gasteiger charge is -2.37. The molecule has 0 amide bonds. The van der Waals surface area contributed by atoms with Gasteiger partial charge in [0.05, 0.1) is 24.0 Å². The highest BCUT2D eigenvalue weighted by Crippen LogP contribution is 2.41. The fourth-order valence-electron chi connectivity index (χ4n) is 5.70. The molecule has 2 fully saturated rings. The van der Waals surface area contributed by atoms with E-state index < -0.39 is 6.17 Å². The number of halogens is 2. The molecule has 1 aliphatic carbocycles. The Morgan fingerprint density at radius 3 is 2.68 bits per heavy atom. The zero-order chi connectivity index (χ0) is 25.8. The van der Waals surface area contributed by atoms with Crippen molar-refractivity contribution in [1.29, 1.82) is 0 Å². The highest BCUT2D eigenvalue weighted by molar-refractivity contribution is 6.32. The minimum Gasteiger partial charge on any atom is -0.486 e. The van der Waals surface area contributed by atoms with Gasteiger partial charge in [0.25, 0.3) is 5.56 Å². The first-order valence-corrected chi connectivity index (χ1v) is 13.4. The number of benzene rings is 1. The predicted octanol–water partition coefficient (Wildman–Crippen LogP) is 5.13. The number of aryl methyl sites for hydroxylation is 1. The minimum absolute atomic E-state index is 0.101. The molecule has 6 rings (SSSR count). The van der Waals surface area contributed by atoms with Crippen LogP contribution in [-0.4, -0.2) is 46.4 Å². The molecular weight excluding hydrogens is 495 g/mol. The van der Waals surface area contributed by atoms with Crippen molar-refractivity contribution in [2.75, 3.05) is 35.2 Å². The smallest absolute Gasteiger partial charge is 0.295 e. The Labute approximate surface area is 220 Å². The number of ether oxygens (including phenoxy) is 1. The molecule has 196 valence electrons. The summed E-state index contributed by atoms with van der Waals surface area (Å²) in [5, 5.41) is 8.27. The Bertz CT molecular complexity index is 1400. The summed E-state index contributed by atoms with van der Waals surface area (Å²) in [6, 6.07) is 6.12. The molecule has 4 atom stereocenters. The SMILES string of the molecule is C[C@@H]1CN(c2ncc(Cl)c(Nc3ccc4c(c3)c3c(c(=O)n4C)OCCC(C4CC4)N3)n2)C[C@H](C)C1F. The monoisotopic (exact) mass is 526 g/mol. The van der Waals surface area contributed by atoms with Crippen LogP contribution in [0, 0.1) is 17.8 Å². The van der Waals surface area contributed by atoms with Gasteiger partial charge in [0.1, 0.15) is 11.2 Å². The van der Waals surface area contributed by atoms with Crippen LogP contribution in [0.2, 0.25) is 5.02 Å². The molecule has 0 bridgehead atoms. The second-order valence-corrected chi connectivity index (χ2v) is 11.2. The third-order valence-corrected chi connectivity index (χ3v) is 8.21. The van der Waals surface area contributed by atoms with Gasteiger partial charge in [-0.3, -0.25) is 4.79 Å². The molecule has 1 saturated heterocycles. The zero-order valence-electron chi connectivity index (χ0n) is 21.3. The van der Waals surface area contributed by atoms with Crippen molar-refractivity contribution in [1.82, 2.24) is 14.5 Å². The molecule has 0 spiro atoms. The zero-order valence-corrected chi connectivity index (χ0v) is 22.1. The van der Waals surface area contributed by atoms with Gasteiger partial charge in [-0.05, 0) is 37.0 Å². The number of alkyl halides is 1. The summed E-state index contributed by atoms with van der Waals surface area (Å²) in [7, 11) is 1.76. The van der Waals surface area contributed by atoms with E-state index in [1.807, 2.05) is 36.9 Å². The molecular formula is C27H32ClFN6O2. The molecule has 3 aromatic rings. The molecule has 3 aliphatic rings. The molecule has 8 nitrogen and oxygen atoms in total. The first kappa shape index (κ1) is 24.3. The lowest BCUT2D eigenvalue weighted by molar-refractivity contribution is 0.147. The largest absolute Gasteiger partial charge is 0.486 e. The van der Waals surface area contributed by atoms with Gasteiger partial charge in [-0.15, -0.1) is 0 Å². The maximum absolute atomic E-state index is 14.4. The van der Waals surface area contributed by atoms with Crippen LogP contribution < -0.4 is 25.8 Å². The Hall–Kier alpha value is -3.07. The number of hydrogen-bond acceptors (Lipinski definition) is 7. The molecule has 37 heavy (non-hydrogen) atoms. The Morgan fingerprint density at radius 2 is 1.95 bits per heavy atom. The minimum atomic E-state index is -0.832. The summed E-state index contributed by atoms with van der Waals surface area (Å²) in [5.41, 5.74) is 2.20. The first-order valence-electron chi connectivity index (χ1n) is 13.0. The van der Waals surface area contributed by atoms with Crippen LogP contribution in [-0.2, 0) is 7.05 Å². The van der Waals surface area contributed by atoms with E-state index in [4.69, 9.17) is 21.3 Å². The van der Waals surface area contributed by atoms with Crippen LogP contribution in [0.4, 0.5) is 27.5 Å². The van der Waals surface area contributed by atoms with Crippen molar-refractivity contribution in [3.63, 3.8) is 0 Å². The van der Waals surface area contributed by atoms with E-state index in [1.54, 1.807) is 17.8 Å². The number of rotatable bonds is 4. The number of anilines is 4. The number of pyridine rings is 1. The van der Waals surface area contributed by atoms with Crippen LogP contribution in [0.3, 0.4) is 0 Å². The number of piperidine rings is 1. The second-order valence-electron chi connectivity index (χ2n) is 10.8. The predicted molar refractivity (Wildman–Crippen MR) is 145 cm³/mol. The number of fused-ring (bicyclic) bond motifs is 3. The Balaban J connectivity index is 1.35. The summed E-state index contributed by atoms with van der Waals surface area (Å²) < 4.78 is 22.0. The van der Waals surface area contributed by atoms with Crippen molar-refractivity contribution in [3.05, 3.63) is 39.8 Å². The average molecular weight is 527 g/mol. The van der Waals surface area contributed by atoms with E-state index in [9.17, 15) is 9.18 Å². The Kier molecular flexibility index (Phi) is 6.13. The van der Waals surface area contributed by atoms with E-state index in [-0.39, 0.29) is 17.4 Å². The molecule has 4 heterocycles. The number of hydrogen-bond donors (Lipinski definition) is 2. The third kappa shape index (κ3) is 4.47. The molecule has 2 aromatic heterocycles. The van der Waals surface area contributed by atoms with E-state index >= 15 is 0 Å². The van der Waals surface area contributed by atoms with Gasteiger partial charge in [0.15, 0.2) is 5.82 Å².